The fraction of sp³-hybridized carbons (Fsp3) is 0.167. The fourth-order valence-corrected chi connectivity index (χ4v) is 1.49. The molecule has 1 N–H and O–H groups in total. The van der Waals surface area contributed by atoms with Crippen molar-refractivity contribution in [1.29, 1.82) is 0 Å². The van der Waals surface area contributed by atoms with Crippen LogP contribution in [-0.2, 0) is 6.54 Å². The zero-order valence-corrected chi connectivity index (χ0v) is 9.34. The van der Waals surface area contributed by atoms with Crippen molar-refractivity contribution in [2.24, 2.45) is 0 Å². The lowest BCUT2D eigenvalue weighted by molar-refractivity contribution is 0.414. The summed E-state index contributed by atoms with van der Waals surface area (Å²) in [7, 11) is 1.59. The maximum absolute atomic E-state index is 11.5. The minimum Gasteiger partial charge on any atom is -0.497 e. The average Bonchev–Trinajstić information content (AvgIpc) is 2.35. The van der Waals surface area contributed by atoms with Gasteiger partial charge in [-0.25, -0.2) is 4.68 Å². The number of methoxy groups -OCH3 is 1. The fourth-order valence-electron chi connectivity index (χ4n) is 1.49. The molecule has 0 aliphatic carbocycles. The second kappa shape index (κ2) is 4.69. The van der Waals surface area contributed by atoms with Crippen molar-refractivity contribution in [2.75, 3.05) is 7.11 Å². The van der Waals surface area contributed by atoms with Gasteiger partial charge in [-0.15, -0.1) is 0 Å². The van der Waals surface area contributed by atoms with E-state index in [-0.39, 0.29) is 11.1 Å². The second-order valence-electron chi connectivity index (χ2n) is 3.58. The summed E-state index contributed by atoms with van der Waals surface area (Å²) in [6.45, 7) is 0.332. The van der Waals surface area contributed by atoms with Gasteiger partial charge in [-0.05, 0) is 17.7 Å². The van der Waals surface area contributed by atoms with Crippen molar-refractivity contribution in [3.63, 3.8) is 0 Å². The summed E-state index contributed by atoms with van der Waals surface area (Å²) in [5.74, 6) is 0.752. The molecule has 0 saturated carbocycles. The summed E-state index contributed by atoms with van der Waals surface area (Å²) in [5.41, 5.74) is 0.383. The maximum atomic E-state index is 11.5. The number of hydrogen-bond donors (Lipinski definition) is 1. The first kappa shape index (κ1) is 11.2. The topological polar surface area (TPSA) is 64.1 Å². The highest BCUT2D eigenvalue weighted by Crippen LogP contribution is 2.11. The zero-order valence-electron chi connectivity index (χ0n) is 9.34. The van der Waals surface area contributed by atoms with Gasteiger partial charge < -0.3 is 4.74 Å². The van der Waals surface area contributed by atoms with Crippen LogP contribution >= 0.6 is 0 Å². The van der Waals surface area contributed by atoms with E-state index in [1.165, 1.54) is 16.8 Å². The first-order valence-electron chi connectivity index (χ1n) is 5.12. The molecule has 5 heteroatoms. The number of benzene rings is 1. The highest BCUT2D eigenvalue weighted by molar-refractivity contribution is 5.27. The molecule has 2 rings (SSSR count). The van der Waals surface area contributed by atoms with Crippen LogP contribution in [0.2, 0.25) is 0 Å². The highest BCUT2D eigenvalue weighted by Gasteiger charge is 1.99. The lowest BCUT2D eigenvalue weighted by Gasteiger charge is -2.05. The largest absolute Gasteiger partial charge is 0.497 e. The number of hydrogen-bond acceptors (Lipinski definition) is 3. The molecule has 0 spiro atoms. The molecule has 0 unspecified atom stereocenters. The Hall–Kier alpha value is -2.30. The number of nitrogens with zero attached hydrogens (tertiary/aromatic N) is 1. The van der Waals surface area contributed by atoms with E-state index >= 15 is 0 Å². The third kappa shape index (κ3) is 2.63. The van der Waals surface area contributed by atoms with Crippen molar-refractivity contribution in [2.45, 2.75) is 6.54 Å². The van der Waals surface area contributed by atoms with Gasteiger partial charge in [0.25, 0.3) is 11.1 Å². The molecule has 0 aliphatic rings. The Morgan fingerprint density at radius 2 is 1.82 bits per heavy atom. The summed E-state index contributed by atoms with van der Waals surface area (Å²) in [4.78, 5) is 22.6. The lowest BCUT2D eigenvalue weighted by Crippen LogP contribution is -2.28. The van der Waals surface area contributed by atoms with Crippen LogP contribution in [0.4, 0.5) is 0 Å². The molecule has 1 heterocycles. The summed E-state index contributed by atoms with van der Waals surface area (Å²) in [6, 6.07) is 9.77. The molecule has 0 atom stereocenters. The molecule has 0 bridgehead atoms. The molecule has 0 aliphatic heterocycles. The molecule has 0 radical (unpaired) electrons. The van der Waals surface area contributed by atoms with Crippen molar-refractivity contribution in [3.8, 4) is 5.75 Å². The van der Waals surface area contributed by atoms with Gasteiger partial charge in [-0.1, -0.05) is 12.1 Å². The number of H-pyrrole nitrogens is 1. The minimum absolute atomic E-state index is 0.236. The van der Waals surface area contributed by atoms with E-state index in [0.29, 0.717) is 6.54 Å². The van der Waals surface area contributed by atoms with Gasteiger partial charge in [0.05, 0.1) is 13.7 Å². The highest BCUT2D eigenvalue weighted by atomic mass is 16.5. The molecule has 1 aromatic carbocycles. The van der Waals surface area contributed by atoms with Crippen LogP contribution in [0.1, 0.15) is 5.56 Å². The monoisotopic (exact) mass is 232 g/mol. The Morgan fingerprint density at radius 3 is 2.47 bits per heavy atom. The summed E-state index contributed by atoms with van der Waals surface area (Å²) in [5, 5.41) is 2.47. The van der Waals surface area contributed by atoms with Crippen molar-refractivity contribution in [3.05, 3.63) is 62.7 Å². The third-order valence-electron chi connectivity index (χ3n) is 2.39. The third-order valence-corrected chi connectivity index (χ3v) is 2.39. The van der Waals surface area contributed by atoms with E-state index in [1.807, 2.05) is 12.1 Å². The predicted octanol–water partition coefficient (Wildman–Crippen LogP) is 0.593. The normalized spacial score (nSPS) is 10.2. The number of rotatable bonds is 3. The Balaban J connectivity index is 2.28. The van der Waals surface area contributed by atoms with Gasteiger partial charge in [-0.2, -0.15) is 0 Å². The van der Waals surface area contributed by atoms with Gasteiger partial charge >= 0.3 is 0 Å². The number of aromatic nitrogens is 2. The standard InChI is InChI=1S/C12H12N2O3/c1-17-10-4-2-9(3-5-10)8-14-12(16)7-6-11(15)13-14/h2-7H,8H2,1H3,(H,13,15). The molecule has 0 amide bonds. The van der Waals surface area contributed by atoms with Crippen LogP contribution in [0.15, 0.2) is 46.0 Å². The van der Waals surface area contributed by atoms with E-state index in [1.54, 1.807) is 19.2 Å². The lowest BCUT2D eigenvalue weighted by atomic mass is 10.2. The number of nitrogens with one attached hydrogen (secondary N) is 1. The Labute approximate surface area is 97.3 Å². The summed E-state index contributed by atoms with van der Waals surface area (Å²) < 4.78 is 6.30. The van der Waals surface area contributed by atoms with E-state index in [4.69, 9.17) is 4.74 Å². The molecule has 1 aromatic heterocycles. The Kier molecular flexibility index (Phi) is 3.09. The average molecular weight is 232 g/mol. The molecule has 0 fully saturated rings. The van der Waals surface area contributed by atoms with Gasteiger partial charge in [0.15, 0.2) is 0 Å². The van der Waals surface area contributed by atoms with Crippen LogP contribution in [0.25, 0.3) is 0 Å². The quantitative estimate of drug-likeness (QED) is 0.842. The van der Waals surface area contributed by atoms with Crippen LogP contribution < -0.4 is 15.9 Å². The molecule has 17 heavy (non-hydrogen) atoms. The van der Waals surface area contributed by atoms with E-state index < -0.39 is 0 Å². The second-order valence-corrected chi connectivity index (χ2v) is 3.58. The predicted molar refractivity (Wildman–Crippen MR) is 63.4 cm³/mol. The minimum atomic E-state index is -0.293. The van der Waals surface area contributed by atoms with Crippen LogP contribution in [0.5, 0.6) is 5.75 Å². The van der Waals surface area contributed by atoms with Crippen LogP contribution in [-0.4, -0.2) is 16.9 Å². The van der Waals surface area contributed by atoms with E-state index in [2.05, 4.69) is 5.10 Å². The van der Waals surface area contributed by atoms with Gasteiger partial charge in [0.1, 0.15) is 5.75 Å². The van der Waals surface area contributed by atoms with E-state index in [9.17, 15) is 9.59 Å². The van der Waals surface area contributed by atoms with Crippen LogP contribution in [0.3, 0.4) is 0 Å². The number of ether oxygens (including phenoxy) is 1. The molecular formula is C12H12N2O3. The molecular weight excluding hydrogens is 220 g/mol. The van der Waals surface area contributed by atoms with E-state index in [0.717, 1.165) is 11.3 Å². The zero-order chi connectivity index (χ0) is 12.3. The molecule has 5 nitrogen and oxygen atoms in total. The summed E-state index contributed by atoms with van der Waals surface area (Å²) >= 11 is 0. The first-order valence-corrected chi connectivity index (χ1v) is 5.12. The first-order chi connectivity index (χ1) is 8.19. The van der Waals surface area contributed by atoms with Crippen molar-refractivity contribution in [1.82, 2.24) is 9.78 Å². The van der Waals surface area contributed by atoms with Crippen LogP contribution in [0, 0.1) is 0 Å². The van der Waals surface area contributed by atoms with Gasteiger partial charge in [0.2, 0.25) is 0 Å². The van der Waals surface area contributed by atoms with Crippen molar-refractivity contribution >= 4 is 0 Å². The Bertz CT molecular complexity index is 611. The Morgan fingerprint density at radius 1 is 1.12 bits per heavy atom. The molecule has 0 saturated heterocycles. The summed E-state index contributed by atoms with van der Waals surface area (Å²) in [6.07, 6.45) is 0. The molecule has 2 aromatic rings. The maximum Gasteiger partial charge on any atom is 0.265 e. The molecule has 88 valence electrons. The number of aromatic amines is 1. The van der Waals surface area contributed by atoms with Gasteiger partial charge in [0, 0.05) is 12.1 Å². The SMILES string of the molecule is COc1ccc(Cn2[nH]c(=O)ccc2=O)cc1. The smallest absolute Gasteiger partial charge is 0.265 e. The van der Waals surface area contributed by atoms with Crippen molar-refractivity contribution < 1.29 is 4.74 Å². The van der Waals surface area contributed by atoms with Gasteiger partial charge in [-0.3, -0.25) is 14.7 Å².